The highest BCUT2D eigenvalue weighted by Gasteiger charge is 2.15. The van der Waals surface area contributed by atoms with E-state index in [-0.39, 0.29) is 34.3 Å². The predicted molar refractivity (Wildman–Crippen MR) is 111 cm³/mol. The van der Waals surface area contributed by atoms with Gasteiger partial charge in [-0.25, -0.2) is 17.9 Å². The summed E-state index contributed by atoms with van der Waals surface area (Å²) >= 11 is 0. The summed E-state index contributed by atoms with van der Waals surface area (Å²) in [5, 5.41) is 5.09. The van der Waals surface area contributed by atoms with Gasteiger partial charge in [-0.05, 0) is 51.5 Å². The summed E-state index contributed by atoms with van der Waals surface area (Å²) in [7, 11) is -3.86. The molecule has 0 saturated heterocycles. The molecule has 2 aromatic carbocycles. The zero-order valence-electron chi connectivity index (χ0n) is 17.1. The van der Waals surface area contributed by atoms with Gasteiger partial charge in [0.2, 0.25) is 10.0 Å². The van der Waals surface area contributed by atoms with E-state index in [1.165, 1.54) is 36.4 Å². The molecule has 2 N–H and O–H groups in total. The van der Waals surface area contributed by atoms with Crippen LogP contribution in [0, 0.1) is 17.7 Å². The van der Waals surface area contributed by atoms with E-state index in [4.69, 9.17) is 14.6 Å². The molecule has 0 aliphatic carbocycles. The minimum Gasteiger partial charge on any atom is -0.460 e. The molecule has 0 fully saturated rings. The molecule has 0 amide bonds. The fourth-order valence-electron chi connectivity index (χ4n) is 2.38. The van der Waals surface area contributed by atoms with Crippen molar-refractivity contribution >= 4 is 16.0 Å². The Morgan fingerprint density at radius 3 is 2.47 bits per heavy atom. The molecule has 0 radical (unpaired) electrons. The van der Waals surface area contributed by atoms with Crippen LogP contribution in [0.4, 0.5) is 4.39 Å². The molecule has 2 aromatic rings. The van der Waals surface area contributed by atoms with Crippen LogP contribution in [-0.2, 0) is 19.6 Å². The second kappa shape index (κ2) is 9.74. The van der Waals surface area contributed by atoms with E-state index in [0.29, 0.717) is 12.8 Å². The lowest BCUT2D eigenvalue weighted by Crippen LogP contribution is -2.23. The van der Waals surface area contributed by atoms with Gasteiger partial charge in [0.15, 0.2) is 0 Å². The SMILES string of the molecule is CC(C)(C)OC(=O)CCCC#Cc1ccc(Oc2cccc(S(N)(=O)=O)c2)cc1F. The van der Waals surface area contributed by atoms with Crippen molar-refractivity contribution in [3.8, 4) is 23.3 Å². The van der Waals surface area contributed by atoms with Crippen LogP contribution in [0.5, 0.6) is 11.5 Å². The zero-order valence-corrected chi connectivity index (χ0v) is 17.9. The Kier molecular flexibility index (Phi) is 7.59. The number of unbranched alkanes of at least 4 members (excludes halogenated alkanes) is 1. The lowest BCUT2D eigenvalue weighted by Gasteiger charge is -2.19. The molecule has 30 heavy (non-hydrogen) atoms. The van der Waals surface area contributed by atoms with E-state index in [9.17, 15) is 17.6 Å². The van der Waals surface area contributed by atoms with Crippen LogP contribution in [0.25, 0.3) is 0 Å². The second-order valence-corrected chi connectivity index (χ2v) is 9.07. The highest BCUT2D eigenvalue weighted by Crippen LogP contribution is 2.25. The Balaban J connectivity index is 1.95. The highest BCUT2D eigenvalue weighted by molar-refractivity contribution is 7.89. The number of carbonyl (C=O) groups excluding carboxylic acids is 1. The van der Waals surface area contributed by atoms with E-state index in [2.05, 4.69) is 11.8 Å². The first-order chi connectivity index (χ1) is 13.9. The first-order valence-electron chi connectivity index (χ1n) is 9.25. The third kappa shape index (κ3) is 7.85. The molecule has 0 bridgehead atoms. The smallest absolute Gasteiger partial charge is 0.306 e. The van der Waals surface area contributed by atoms with Gasteiger partial charge >= 0.3 is 5.97 Å². The number of rotatable bonds is 6. The largest absolute Gasteiger partial charge is 0.460 e. The molecule has 0 unspecified atom stereocenters. The first kappa shape index (κ1) is 23.4. The third-order valence-electron chi connectivity index (χ3n) is 3.64. The van der Waals surface area contributed by atoms with E-state index < -0.39 is 21.4 Å². The summed E-state index contributed by atoms with van der Waals surface area (Å²) in [5.74, 6) is 5.10. The number of nitrogens with two attached hydrogens (primary N) is 1. The van der Waals surface area contributed by atoms with Crippen molar-refractivity contribution in [3.63, 3.8) is 0 Å². The van der Waals surface area contributed by atoms with Crippen molar-refractivity contribution in [2.45, 2.75) is 50.5 Å². The minimum absolute atomic E-state index is 0.102. The van der Waals surface area contributed by atoms with Crippen LogP contribution in [0.1, 0.15) is 45.6 Å². The molecule has 0 aliphatic heterocycles. The number of halogens is 1. The minimum atomic E-state index is -3.86. The predicted octanol–water partition coefficient (Wildman–Crippen LogP) is 4.13. The Labute approximate surface area is 176 Å². The molecule has 2 rings (SSSR count). The van der Waals surface area contributed by atoms with Gasteiger partial charge in [-0.2, -0.15) is 0 Å². The van der Waals surface area contributed by atoms with Crippen LogP contribution < -0.4 is 9.88 Å². The second-order valence-electron chi connectivity index (χ2n) is 7.51. The number of carbonyl (C=O) groups is 1. The maximum absolute atomic E-state index is 14.3. The molecular weight excluding hydrogens is 409 g/mol. The molecule has 0 atom stereocenters. The van der Waals surface area contributed by atoms with Crippen molar-refractivity contribution in [2.75, 3.05) is 0 Å². The molecule has 0 spiro atoms. The lowest BCUT2D eigenvalue weighted by atomic mass is 10.1. The van der Waals surface area contributed by atoms with Gasteiger partial charge in [0.25, 0.3) is 0 Å². The Morgan fingerprint density at radius 2 is 1.83 bits per heavy atom. The standard InChI is InChI=1S/C22H24FNO5S/c1-22(2,3)29-21(25)11-6-4-5-8-16-12-13-18(15-20(16)23)28-17-9-7-10-19(14-17)30(24,26)27/h7,9-10,12-15H,4,6,11H2,1-3H3,(H2,24,26,27). The fraction of sp³-hybridized carbons (Fsp3) is 0.318. The van der Waals surface area contributed by atoms with Gasteiger partial charge in [-0.3, -0.25) is 4.79 Å². The number of esters is 1. The van der Waals surface area contributed by atoms with Crippen molar-refractivity contribution in [3.05, 3.63) is 53.8 Å². The summed E-state index contributed by atoms with van der Waals surface area (Å²) in [6.07, 6.45) is 1.20. The summed E-state index contributed by atoms with van der Waals surface area (Å²) in [6.45, 7) is 5.41. The monoisotopic (exact) mass is 433 g/mol. The molecule has 6 nitrogen and oxygen atoms in total. The Morgan fingerprint density at radius 1 is 1.13 bits per heavy atom. The van der Waals surface area contributed by atoms with Crippen LogP contribution in [-0.4, -0.2) is 20.0 Å². The van der Waals surface area contributed by atoms with E-state index in [1.807, 2.05) is 0 Å². The summed E-state index contributed by atoms with van der Waals surface area (Å²) < 4.78 is 47.8. The highest BCUT2D eigenvalue weighted by atomic mass is 32.2. The number of hydrogen-bond acceptors (Lipinski definition) is 5. The van der Waals surface area contributed by atoms with Crippen molar-refractivity contribution in [1.29, 1.82) is 0 Å². The summed E-state index contributed by atoms with van der Waals surface area (Å²) in [5.41, 5.74) is -0.326. The van der Waals surface area contributed by atoms with Gasteiger partial charge in [0.1, 0.15) is 22.9 Å². The zero-order chi connectivity index (χ0) is 22.4. The molecule has 0 heterocycles. The number of benzene rings is 2. The Hall–Kier alpha value is -2.89. The number of ether oxygens (including phenoxy) is 2. The molecule has 8 heteroatoms. The summed E-state index contributed by atoms with van der Waals surface area (Å²) in [4.78, 5) is 11.5. The van der Waals surface area contributed by atoms with Crippen molar-refractivity contribution in [1.82, 2.24) is 0 Å². The maximum Gasteiger partial charge on any atom is 0.306 e. The number of primary sulfonamides is 1. The number of hydrogen-bond donors (Lipinski definition) is 1. The molecule has 160 valence electrons. The van der Waals surface area contributed by atoms with Gasteiger partial charge in [0.05, 0.1) is 10.5 Å². The van der Waals surface area contributed by atoms with Crippen molar-refractivity contribution < 1.29 is 27.1 Å². The quantitative estimate of drug-likeness (QED) is 0.420. The van der Waals surface area contributed by atoms with E-state index in [0.717, 1.165) is 6.07 Å². The van der Waals surface area contributed by atoms with Crippen molar-refractivity contribution in [2.24, 2.45) is 5.14 Å². The van der Waals surface area contributed by atoms with Gasteiger partial charge < -0.3 is 9.47 Å². The van der Waals surface area contributed by atoms with Gasteiger partial charge in [-0.1, -0.05) is 17.9 Å². The average Bonchev–Trinajstić information content (AvgIpc) is 2.61. The van der Waals surface area contributed by atoms with Gasteiger partial charge in [0, 0.05) is 25.0 Å². The Bertz CT molecular complexity index is 1080. The molecule has 0 aliphatic rings. The maximum atomic E-state index is 14.3. The topological polar surface area (TPSA) is 95.7 Å². The van der Waals surface area contributed by atoms with Crippen LogP contribution >= 0.6 is 0 Å². The number of sulfonamides is 1. The molecule has 0 saturated carbocycles. The lowest BCUT2D eigenvalue weighted by molar-refractivity contribution is -0.154. The van der Waals surface area contributed by atoms with E-state index >= 15 is 0 Å². The van der Waals surface area contributed by atoms with Gasteiger partial charge in [-0.15, -0.1) is 0 Å². The van der Waals surface area contributed by atoms with Crippen LogP contribution in [0.2, 0.25) is 0 Å². The fourth-order valence-corrected chi connectivity index (χ4v) is 2.93. The normalized spacial score (nSPS) is 11.4. The van der Waals surface area contributed by atoms with Crippen LogP contribution in [0.3, 0.4) is 0 Å². The first-order valence-corrected chi connectivity index (χ1v) is 10.8. The average molecular weight is 434 g/mol. The van der Waals surface area contributed by atoms with E-state index in [1.54, 1.807) is 20.8 Å². The summed E-state index contributed by atoms with van der Waals surface area (Å²) in [6, 6.07) is 9.75. The van der Waals surface area contributed by atoms with Crippen LogP contribution in [0.15, 0.2) is 47.4 Å². The molecule has 0 aromatic heterocycles. The third-order valence-corrected chi connectivity index (χ3v) is 4.55. The molecular formula is C22H24FNO5S.